The van der Waals surface area contributed by atoms with Crippen LogP contribution in [-0.2, 0) is 4.79 Å². The van der Waals surface area contributed by atoms with Gasteiger partial charge in [-0.1, -0.05) is 6.92 Å². The van der Waals surface area contributed by atoms with Crippen molar-refractivity contribution in [2.45, 2.75) is 12.4 Å². The molecule has 0 aliphatic carbocycles. The van der Waals surface area contributed by atoms with Gasteiger partial charge < -0.3 is 10.6 Å². The van der Waals surface area contributed by atoms with E-state index in [4.69, 9.17) is 0 Å². The van der Waals surface area contributed by atoms with Gasteiger partial charge in [0.25, 0.3) is 0 Å². The van der Waals surface area contributed by atoms with Gasteiger partial charge in [0.05, 0.1) is 5.92 Å². The Hall–Kier alpha value is -0.430. The Labute approximate surface area is 96.5 Å². The molecule has 94 valence electrons. The Kier molecular flexibility index (Phi) is 4.91. The average molecular weight is 256 g/mol. The SMILES string of the molecule is CC1CNCC1C(=O)NCCSC(F)(F)F. The third-order valence-electron chi connectivity index (χ3n) is 2.52. The van der Waals surface area contributed by atoms with Crippen LogP contribution in [-0.4, -0.2) is 36.8 Å². The van der Waals surface area contributed by atoms with Crippen LogP contribution >= 0.6 is 11.8 Å². The number of hydrogen-bond donors (Lipinski definition) is 2. The van der Waals surface area contributed by atoms with Gasteiger partial charge in [-0.15, -0.1) is 0 Å². The molecule has 3 nitrogen and oxygen atoms in total. The molecule has 2 atom stereocenters. The lowest BCUT2D eigenvalue weighted by Crippen LogP contribution is -2.35. The van der Waals surface area contributed by atoms with E-state index >= 15 is 0 Å². The summed E-state index contributed by atoms with van der Waals surface area (Å²) in [6.07, 6.45) is 0. The van der Waals surface area contributed by atoms with Gasteiger partial charge in [-0.05, 0) is 24.2 Å². The lowest BCUT2D eigenvalue weighted by atomic mass is 9.97. The number of halogens is 3. The summed E-state index contributed by atoms with van der Waals surface area (Å²) < 4.78 is 35.3. The van der Waals surface area contributed by atoms with E-state index in [2.05, 4.69) is 10.6 Å². The molecule has 1 aliphatic heterocycles. The molecule has 0 bridgehead atoms. The molecule has 1 heterocycles. The smallest absolute Gasteiger partial charge is 0.355 e. The molecule has 0 radical (unpaired) electrons. The highest BCUT2D eigenvalue weighted by molar-refractivity contribution is 8.00. The normalized spacial score (nSPS) is 25.8. The molecule has 1 amide bonds. The first-order chi connectivity index (χ1) is 7.40. The van der Waals surface area contributed by atoms with Crippen LogP contribution in [0.4, 0.5) is 13.2 Å². The second-order valence-corrected chi connectivity index (χ2v) is 4.99. The van der Waals surface area contributed by atoms with Crippen molar-refractivity contribution in [3.05, 3.63) is 0 Å². The summed E-state index contributed by atoms with van der Waals surface area (Å²) in [5.74, 6) is -0.157. The van der Waals surface area contributed by atoms with Gasteiger partial charge in [0.1, 0.15) is 0 Å². The van der Waals surface area contributed by atoms with E-state index in [1.165, 1.54) is 0 Å². The molecule has 1 fully saturated rings. The van der Waals surface area contributed by atoms with Crippen molar-refractivity contribution in [2.75, 3.05) is 25.4 Å². The maximum absolute atomic E-state index is 11.8. The van der Waals surface area contributed by atoms with E-state index in [1.54, 1.807) is 0 Å². The van der Waals surface area contributed by atoms with Crippen LogP contribution in [0.3, 0.4) is 0 Å². The molecule has 0 aromatic carbocycles. The Morgan fingerprint density at radius 2 is 2.19 bits per heavy atom. The molecule has 0 spiro atoms. The van der Waals surface area contributed by atoms with Gasteiger partial charge in [-0.25, -0.2) is 0 Å². The molecule has 1 rings (SSSR count). The summed E-state index contributed by atoms with van der Waals surface area (Å²) >= 11 is -0.111. The summed E-state index contributed by atoms with van der Waals surface area (Å²) in [5, 5.41) is 5.60. The molecule has 0 saturated carbocycles. The fourth-order valence-corrected chi connectivity index (χ4v) is 2.07. The number of thioether (sulfide) groups is 1. The zero-order valence-electron chi connectivity index (χ0n) is 8.93. The van der Waals surface area contributed by atoms with Crippen LogP contribution in [0.2, 0.25) is 0 Å². The summed E-state index contributed by atoms with van der Waals surface area (Å²) in [5.41, 5.74) is -4.22. The molecule has 0 aromatic rings. The van der Waals surface area contributed by atoms with Crippen LogP contribution < -0.4 is 10.6 Å². The monoisotopic (exact) mass is 256 g/mol. The first kappa shape index (κ1) is 13.6. The van der Waals surface area contributed by atoms with Gasteiger partial charge in [0.15, 0.2) is 0 Å². The summed E-state index contributed by atoms with van der Waals surface area (Å²) in [4.78, 5) is 11.5. The van der Waals surface area contributed by atoms with Gasteiger partial charge >= 0.3 is 5.51 Å². The number of hydrogen-bond acceptors (Lipinski definition) is 3. The highest BCUT2D eigenvalue weighted by atomic mass is 32.2. The average Bonchev–Trinajstić information content (AvgIpc) is 2.57. The Bertz CT molecular complexity index is 247. The minimum atomic E-state index is -4.22. The van der Waals surface area contributed by atoms with Crippen molar-refractivity contribution in [2.24, 2.45) is 11.8 Å². The number of carbonyl (C=O) groups is 1. The minimum absolute atomic E-state index is 0.0617. The highest BCUT2D eigenvalue weighted by Crippen LogP contribution is 2.29. The Morgan fingerprint density at radius 1 is 1.50 bits per heavy atom. The molecule has 1 saturated heterocycles. The standard InChI is InChI=1S/C9H15F3N2OS/c1-6-4-13-5-7(6)8(15)14-2-3-16-9(10,11)12/h6-7,13H,2-5H2,1H3,(H,14,15). The second-order valence-electron chi connectivity index (χ2n) is 3.83. The quantitative estimate of drug-likeness (QED) is 0.743. The van der Waals surface area contributed by atoms with Gasteiger partial charge in [-0.2, -0.15) is 13.2 Å². The fraction of sp³-hybridized carbons (Fsp3) is 0.889. The summed E-state index contributed by atoms with van der Waals surface area (Å²) in [6.45, 7) is 3.41. The molecular weight excluding hydrogens is 241 g/mol. The van der Waals surface area contributed by atoms with E-state index in [1.807, 2.05) is 6.92 Å². The lowest BCUT2D eigenvalue weighted by molar-refractivity contribution is -0.125. The van der Waals surface area contributed by atoms with Crippen LogP contribution in [0.5, 0.6) is 0 Å². The second kappa shape index (κ2) is 5.77. The Balaban J connectivity index is 2.15. The number of carbonyl (C=O) groups excluding carboxylic acids is 1. The highest BCUT2D eigenvalue weighted by Gasteiger charge is 2.30. The zero-order valence-corrected chi connectivity index (χ0v) is 9.75. The molecule has 16 heavy (non-hydrogen) atoms. The summed E-state index contributed by atoms with van der Waals surface area (Å²) in [7, 11) is 0. The molecule has 2 N–H and O–H groups in total. The lowest BCUT2D eigenvalue weighted by Gasteiger charge is -2.14. The third-order valence-corrected chi connectivity index (χ3v) is 3.26. The van der Waals surface area contributed by atoms with Crippen LogP contribution in [0.25, 0.3) is 0 Å². The predicted molar refractivity (Wildman–Crippen MR) is 57.0 cm³/mol. The summed E-state index contributed by atoms with van der Waals surface area (Å²) in [6, 6.07) is 0. The van der Waals surface area contributed by atoms with E-state index in [-0.39, 0.29) is 41.8 Å². The van der Waals surface area contributed by atoms with Gasteiger partial charge in [0, 0.05) is 18.8 Å². The Morgan fingerprint density at radius 3 is 2.69 bits per heavy atom. The van der Waals surface area contributed by atoms with E-state index in [0.717, 1.165) is 6.54 Å². The van der Waals surface area contributed by atoms with Crippen molar-refractivity contribution >= 4 is 17.7 Å². The first-order valence-corrected chi connectivity index (χ1v) is 6.08. The number of rotatable bonds is 4. The predicted octanol–water partition coefficient (Wildman–Crippen LogP) is 1.21. The van der Waals surface area contributed by atoms with E-state index < -0.39 is 5.51 Å². The van der Waals surface area contributed by atoms with Crippen molar-refractivity contribution in [1.29, 1.82) is 0 Å². The van der Waals surface area contributed by atoms with Gasteiger partial charge in [-0.3, -0.25) is 4.79 Å². The van der Waals surface area contributed by atoms with Crippen LogP contribution in [0.1, 0.15) is 6.92 Å². The topological polar surface area (TPSA) is 41.1 Å². The number of alkyl halides is 3. The third kappa shape index (κ3) is 4.61. The van der Waals surface area contributed by atoms with Crippen LogP contribution in [0, 0.1) is 11.8 Å². The molecule has 1 aliphatic rings. The minimum Gasteiger partial charge on any atom is -0.355 e. The first-order valence-electron chi connectivity index (χ1n) is 5.09. The fourth-order valence-electron chi connectivity index (χ4n) is 1.63. The largest absolute Gasteiger partial charge is 0.441 e. The van der Waals surface area contributed by atoms with Crippen molar-refractivity contribution in [3.63, 3.8) is 0 Å². The number of amides is 1. The van der Waals surface area contributed by atoms with Crippen LogP contribution in [0.15, 0.2) is 0 Å². The molecular formula is C9H15F3N2OS. The maximum atomic E-state index is 11.8. The van der Waals surface area contributed by atoms with Crippen molar-refractivity contribution in [3.8, 4) is 0 Å². The number of nitrogens with one attached hydrogen (secondary N) is 2. The van der Waals surface area contributed by atoms with Crippen molar-refractivity contribution < 1.29 is 18.0 Å². The van der Waals surface area contributed by atoms with Crippen molar-refractivity contribution in [1.82, 2.24) is 10.6 Å². The zero-order chi connectivity index (χ0) is 12.2. The molecule has 0 aromatic heterocycles. The van der Waals surface area contributed by atoms with E-state index in [9.17, 15) is 18.0 Å². The molecule has 7 heteroatoms. The van der Waals surface area contributed by atoms with Gasteiger partial charge in [0.2, 0.25) is 5.91 Å². The maximum Gasteiger partial charge on any atom is 0.441 e. The van der Waals surface area contributed by atoms with E-state index in [0.29, 0.717) is 6.54 Å². The molecule has 2 unspecified atom stereocenters.